The molecule has 1 atom stereocenters. The molecular weight excluding hydrogens is 337 g/mol. The maximum atomic E-state index is 13.7. The first-order valence-corrected chi connectivity index (χ1v) is 9.99. The molecule has 0 bridgehead atoms. The Morgan fingerprint density at radius 3 is 1.92 bits per heavy atom. The summed E-state index contributed by atoms with van der Waals surface area (Å²) in [5, 5.41) is 13.5. The van der Waals surface area contributed by atoms with E-state index in [1.54, 1.807) is 52.0 Å². The standard InChI is InChI=1S/C19H26NO4P/c1-14(2)23-25(22,24-15(3)4)19(17-12-8-9-13-18(17)21)20-16-10-6-5-7-11-16/h5-15,19-21H,1-4H3/t19-/m0/s1. The number of phenolic OH excluding ortho intramolecular Hbond substituents is 1. The second kappa shape index (κ2) is 8.52. The fraction of sp³-hybridized carbons (Fsp3) is 0.368. The van der Waals surface area contributed by atoms with Crippen molar-refractivity contribution in [1.82, 2.24) is 0 Å². The number of phenols is 1. The highest BCUT2D eigenvalue weighted by molar-refractivity contribution is 7.54. The molecule has 0 aromatic heterocycles. The molecule has 2 aromatic carbocycles. The molecule has 2 N–H and O–H groups in total. The van der Waals surface area contributed by atoms with Crippen LogP contribution in [-0.2, 0) is 13.6 Å². The molecule has 0 aliphatic heterocycles. The van der Waals surface area contributed by atoms with Gasteiger partial charge in [-0.3, -0.25) is 4.57 Å². The number of nitrogens with one attached hydrogen (secondary N) is 1. The van der Waals surface area contributed by atoms with Crippen LogP contribution in [0.2, 0.25) is 0 Å². The zero-order valence-electron chi connectivity index (χ0n) is 15.0. The second-order valence-electron chi connectivity index (χ2n) is 6.32. The molecule has 0 amide bonds. The van der Waals surface area contributed by atoms with E-state index in [4.69, 9.17) is 9.05 Å². The van der Waals surface area contributed by atoms with Crippen molar-refractivity contribution in [2.75, 3.05) is 5.32 Å². The van der Waals surface area contributed by atoms with Gasteiger partial charge >= 0.3 is 7.60 Å². The summed E-state index contributed by atoms with van der Waals surface area (Å²) in [4.78, 5) is 0. The lowest BCUT2D eigenvalue weighted by Gasteiger charge is -2.31. The molecule has 0 spiro atoms. The number of aromatic hydroxyl groups is 1. The summed E-state index contributed by atoms with van der Waals surface area (Å²) in [6.45, 7) is 7.23. The van der Waals surface area contributed by atoms with Crippen molar-refractivity contribution in [1.29, 1.82) is 0 Å². The molecule has 2 aromatic rings. The van der Waals surface area contributed by atoms with E-state index in [2.05, 4.69) is 5.32 Å². The smallest absolute Gasteiger partial charge is 0.357 e. The first-order valence-electron chi connectivity index (χ1n) is 8.38. The Labute approximate surface area is 149 Å². The average Bonchev–Trinajstić information content (AvgIpc) is 2.53. The molecule has 0 aliphatic rings. The van der Waals surface area contributed by atoms with Gasteiger partial charge in [0.25, 0.3) is 0 Å². The molecule has 136 valence electrons. The fourth-order valence-electron chi connectivity index (χ4n) is 2.47. The third-order valence-corrected chi connectivity index (χ3v) is 5.81. The van der Waals surface area contributed by atoms with E-state index >= 15 is 0 Å². The first-order chi connectivity index (χ1) is 11.8. The Balaban J connectivity index is 2.51. The summed E-state index contributed by atoms with van der Waals surface area (Å²) in [7, 11) is -3.63. The van der Waals surface area contributed by atoms with E-state index in [-0.39, 0.29) is 18.0 Å². The maximum Gasteiger partial charge on any atom is 0.357 e. The summed E-state index contributed by atoms with van der Waals surface area (Å²) < 4.78 is 25.2. The predicted octanol–water partition coefficient (Wildman–Crippen LogP) is 5.55. The first kappa shape index (κ1) is 19.5. The predicted molar refractivity (Wildman–Crippen MR) is 101 cm³/mol. The van der Waals surface area contributed by atoms with Crippen LogP contribution in [0.1, 0.15) is 39.0 Å². The lowest BCUT2D eigenvalue weighted by atomic mass is 10.2. The van der Waals surface area contributed by atoms with Crippen LogP contribution in [0.25, 0.3) is 0 Å². The molecule has 0 aliphatic carbocycles. The van der Waals surface area contributed by atoms with Crippen molar-refractivity contribution < 1.29 is 18.7 Å². The molecule has 2 rings (SSSR count). The molecule has 5 nitrogen and oxygen atoms in total. The number of hydrogen-bond donors (Lipinski definition) is 2. The van der Waals surface area contributed by atoms with Crippen molar-refractivity contribution in [3.63, 3.8) is 0 Å². The summed E-state index contributed by atoms with van der Waals surface area (Å²) in [6, 6.07) is 16.2. The lowest BCUT2D eigenvalue weighted by Crippen LogP contribution is -2.19. The Hall–Kier alpha value is -1.81. The summed E-state index contributed by atoms with van der Waals surface area (Å²) in [5.41, 5.74) is 1.23. The minimum Gasteiger partial charge on any atom is -0.508 e. The van der Waals surface area contributed by atoms with E-state index in [0.29, 0.717) is 5.56 Å². The van der Waals surface area contributed by atoms with E-state index in [1.807, 2.05) is 30.3 Å². The van der Waals surface area contributed by atoms with E-state index in [0.717, 1.165) is 5.69 Å². The molecule has 0 saturated carbocycles. The van der Waals surface area contributed by atoms with Crippen molar-refractivity contribution >= 4 is 13.3 Å². The zero-order chi connectivity index (χ0) is 18.4. The third-order valence-electron chi connectivity index (χ3n) is 3.34. The minimum atomic E-state index is -3.63. The van der Waals surface area contributed by atoms with Gasteiger partial charge < -0.3 is 19.5 Å². The highest BCUT2D eigenvalue weighted by Gasteiger charge is 2.40. The molecule has 0 fully saturated rings. The third kappa shape index (κ3) is 5.33. The maximum absolute atomic E-state index is 13.7. The van der Waals surface area contributed by atoms with Crippen LogP contribution in [0.5, 0.6) is 5.75 Å². The van der Waals surface area contributed by atoms with Gasteiger partial charge in [0.15, 0.2) is 5.78 Å². The molecular formula is C19H26NO4P. The number of benzene rings is 2. The van der Waals surface area contributed by atoms with Crippen LogP contribution in [0.3, 0.4) is 0 Å². The van der Waals surface area contributed by atoms with Gasteiger partial charge in [0.2, 0.25) is 0 Å². The normalized spacial score (nSPS) is 13.2. The largest absolute Gasteiger partial charge is 0.508 e. The second-order valence-corrected chi connectivity index (χ2v) is 8.34. The minimum absolute atomic E-state index is 0.0378. The number of para-hydroxylation sites is 2. The van der Waals surface area contributed by atoms with Crippen molar-refractivity contribution in [2.24, 2.45) is 0 Å². The van der Waals surface area contributed by atoms with Gasteiger partial charge in [0.05, 0.1) is 12.2 Å². The van der Waals surface area contributed by atoms with E-state index < -0.39 is 13.4 Å². The fourth-order valence-corrected chi connectivity index (χ4v) is 4.81. The Morgan fingerprint density at radius 2 is 1.40 bits per heavy atom. The van der Waals surface area contributed by atoms with Crippen LogP contribution in [0, 0.1) is 0 Å². The van der Waals surface area contributed by atoms with Gasteiger partial charge in [-0.25, -0.2) is 0 Å². The topological polar surface area (TPSA) is 67.8 Å². The van der Waals surface area contributed by atoms with Gasteiger partial charge in [-0.2, -0.15) is 0 Å². The van der Waals surface area contributed by atoms with E-state index in [1.165, 1.54) is 0 Å². The highest BCUT2D eigenvalue weighted by Crippen LogP contribution is 2.63. The Morgan fingerprint density at radius 1 is 0.880 bits per heavy atom. The lowest BCUT2D eigenvalue weighted by molar-refractivity contribution is 0.137. The van der Waals surface area contributed by atoms with Gasteiger partial charge in [-0.1, -0.05) is 36.4 Å². The molecule has 0 radical (unpaired) electrons. The van der Waals surface area contributed by atoms with Crippen LogP contribution < -0.4 is 5.32 Å². The van der Waals surface area contributed by atoms with Crippen molar-refractivity contribution in [3.05, 3.63) is 60.2 Å². The summed E-state index contributed by atoms with van der Waals surface area (Å²) in [5.74, 6) is -0.795. The van der Waals surface area contributed by atoms with Crippen LogP contribution in [0.15, 0.2) is 54.6 Å². The average molecular weight is 363 g/mol. The summed E-state index contributed by atoms with van der Waals surface area (Å²) in [6.07, 6.45) is -0.592. The van der Waals surface area contributed by atoms with Crippen LogP contribution >= 0.6 is 7.60 Å². The van der Waals surface area contributed by atoms with E-state index in [9.17, 15) is 9.67 Å². The quantitative estimate of drug-likeness (QED) is 0.602. The number of hydrogen-bond acceptors (Lipinski definition) is 5. The molecule has 0 heterocycles. The highest BCUT2D eigenvalue weighted by atomic mass is 31.2. The Bertz CT molecular complexity index is 704. The van der Waals surface area contributed by atoms with Crippen LogP contribution in [-0.4, -0.2) is 17.3 Å². The summed E-state index contributed by atoms with van der Waals surface area (Å²) >= 11 is 0. The van der Waals surface area contributed by atoms with Gasteiger partial charge in [-0.15, -0.1) is 0 Å². The zero-order valence-corrected chi connectivity index (χ0v) is 15.9. The van der Waals surface area contributed by atoms with Gasteiger partial charge in [-0.05, 0) is 45.9 Å². The van der Waals surface area contributed by atoms with Crippen molar-refractivity contribution in [2.45, 2.75) is 45.7 Å². The van der Waals surface area contributed by atoms with Crippen LogP contribution in [0.4, 0.5) is 5.69 Å². The SMILES string of the molecule is CC(C)OP(=O)(OC(C)C)[C@H](Nc1ccccc1)c1ccccc1O. The molecule has 0 saturated heterocycles. The molecule has 25 heavy (non-hydrogen) atoms. The number of rotatable bonds is 8. The van der Waals surface area contributed by atoms with Gasteiger partial charge in [0, 0.05) is 11.3 Å². The molecule has 0 unspecified atom stereocenters. The van der Waals surface area contributed by atoms with Crippen molar-refractivity contribution in [3.8, 4) is 5.75 Å². The van der Waals surface area contributed by atoms with Gasteiger partial charge in [0.1, 0.15) is 5.75 Å². The Kier molecular flexibility index (Phi) is 6.65. The molecule has 6 heteroatoms. The number of anilines is 1. The monoisotopic (exact) mass is 363 g/mol.